The van der Waals surface area contributed by atoms with Gasteiger partial charge in [-0.15, -0.1) is 0 Å². The van der Waals surface area contributed by atoms with Gasteiger partial charge in [-0.1, -0.05) is 22.0 Å². The van der Waals surface area contributed by atoms with Crippen molar-refractivity contribution in [3.8, 4) is 0 Å². The maximum atomic E-state index is 12.2. The van der Waals surface area contributed by atoms with Gasteiger partial charge in [0.1, 0.15) is 0 Å². The summed E-state index contributed by atoms with van der Waals surface area (Å²) in [6.45, 7) is 6.25. The lowest BCUT2D eigenvalue weighted by atomic mass is 9.87. The fourth-order valence-corrected chi connectivity index (χ4v) is 4.01. The van der Waals surface area contributed by atoms with Crippen LogP contribution in [0.1, 0.15) is 24.8 Å². The van der Waals surface area contributed by atoms with Crippen LogP contribution in [0.15, 0.2) is 27.7 Å². The minimum absolute atomic E-state index is 0.00348. The third-order valence-electron chi connectivity index (χ3n) is 5.24. The van der Waals surface area contributed by atoms with Crippen LogP contribution in [-0.2, 0) is 9.53 Å². The zero-order chi connectivity index (χ0) is 18.6. The van der Waals surface area contributed by atoms with Gasteiger partial charge in [0, 0.05) is 55.3 Å². The van der Waals surface area contributed by atoms with Gasteiger partial charge in [0.25, 0.3) is 0 Å². The van der Waals surface area contributed by atoms with Crippen molar-refractivity contribution in [3.63, 3.8) is 0 Å². The first kappa shape index (κ1) is 19.2. The summed E-state index contributed by atoms with van der Waals surface area (Å²) in [5.41, 5.74) is 2.19. The number of aliphatic imine (C=N–C) groups is 1. The van der Waals surface area contributed by atoms with E-state index in [2.05, 4.69) is 36.5 Å². The van der Waals surface area contributed by atoms with E-state index in [1.807, 2.05) is 25.1 Å². The molecule has 0 radical (unpaired) electrons. The average molecular weight is 423 g/mol. The van der Waals surface area contributed by atoms with Crippen LogP contribution in [-0.4, -0.2) is 56.7 Å². The van der Waals surface area contributed by atoms with E-state index < -0.39 is 0 Å². The molecule has 0 bridgehead atoms. The molecule has 1 aromatic carbocycles. The Morgan fingerprint density at radius 3 is 3.00 bits per heavy atom. The third-order valence-corrected chi connectivity index (χ3v) is 5.74. The number of likely N-dealkylation sites (tertiary alicyclic amines) is 1. The van der Waals surface area contributed by atoms with Crippen LogP contribution in [0.5, 0.6) is 0 Å². The normalized spacial score (nSPS) is 22.9. The molecule has 0 aliphatic carbocycles. The quantitative estimate of drug-likeness (QED) is 0.578. The fraction of sp³-hybridized carbons (Fsp3) is 0.579. The second-order valence-electron chi connectivity index (χ2n) is 7.21. The van der Waals surface area contributed by atoms with Gasteiger partial charge in [-0.3, -0.25) is 9.79 Å². The number of carbonyl (C=O) groups is 1. The Kier molecular flexibility index (Phi) is 6.19. The zero-order valence-corrected chi connectivity index (χ0v) is 17.1. The van der Waals surface area contributed by atoms with E-state index in [4.69, 9.17) is 4.74 Å². The van der Waals surface area contributed by atoms with E-state index in [0.29, 0.717) is 18.4 Å². The first-order chi connectivity index (χ1) is 12.5. The minimum atomic E-state index is -0.00348. The number of aryl methyl sites for hydroxylation is 1. The molecule has 6 nitrogen and oxygen atoms in total. The monoisotopic (exact) mass is 422 g/mol. The van der Waals surface area contributed by atoms with E-state index in [1.165, 1.54) is 0 Å². The van der Waals surface area contributed by atoms with Crippen molar-refractivity contribution in [2.45, 2.75) is 26.2 Å². The molecule has 2 aliphatic heterocycles. The summed E-state index contributed by atoms with van der Waals surface area (Å²) in [6, 6.07) is 5.87. The van der Waals surface area contributed by atoms with E-state index in [9.17, 15) is 4.79 Å². The molecule has 1 aromatic rings. The molecule has 2 heterocycles. The van der Waals surface area contributed by atoms with Gasteiger partial charge in [0.2, 0.25) is 5.91 Å². The van der Waals surface area contributed by atoms with Crippen LogP contribution < -0.4 is 10.6 Å². The van der Waals surface area contributed by atoms with Gasteiger partial charge in [-0.2, -0.15) is 0 Å². The molecule has 2 saturated heterocycles. The van der Waals surface area contributed by atoms with Gasteiger partial charge in [-0.05, 0) is 37.5 Å². The first-order valence-corrected chi connectivity index (χ1v) is 9.90. The molecule has 2 fully saturated rings. The van der Waals surface area contributed by atoms with Crippen molar-refractivity contribution >= 4 is 33.5 Å². The van der Waals surface area contributed by atoms with E-state index in [1.54, 1.807) is 7.05 Å². The largest absolute Gasteiger partial charge is 0.381 e. The lowest BCUT2D eigenvalue weighted by molar-refractivity contribution is -0.116. The van der Waals surface area contributed by atoms with Crippen LogP contribution in [0.4, 0.5) is 5.69 Å². The van der Waals surface area contributed by atoms with E-state index >= 15 is 0 Å². The summed E-state index contributed by atoms with van der Waals surface area (Å²) in [5, 5.41) is 6.30. The molecule has 3 rings (SSSR count). The number of halogens is 1. The number of hydrogen-bond donors (Lipinski definition) is 2. The molecule has 1 spiro atoms. The number of anilines is 1. The molecule has 0 saturated carbocycles. The lowest BCUT2D eigenvalue weighted by Crippen LogP contribution is -2.42. The number of rotatable bonds is 4. The Hall–Kier alpha value is -1.60. The lowest BCUT2D eigenvalue weighted by Gasteiger charge is -2.24. The molecule has 0 aromatic heterocycles. The summed E-state index contributed by atoms with van der Waals surface area (Å²) in [4.78, 5) is 18.9. The highest BCUT2D eigenvalue weighted by Gasteiger charge is 2.42. The molecule has 2 aliphatic rings. The molecule has 7 heteroatoms. The molecule has 2 N–H and O–H groups in total. The fourth-order valence-electron chi connectivity index (χ4n) is 3.65. The third kappa shape index (κ3) is 4.57. The number of ether oxygens (including phenoxy) is 1. The standard InChI is InChI=1S/C19H27BrN4O2/c1-14-3-4-15(20)11-16(14)23-17(25)5-8-22-18(21-2)24-9-6-19(12-24)7-10-26-13-19/h3-4,11H,5-10,12-13H2,1-2H3,(H,21,22)(H,23,25). The van der Waals surface area contributed by atoms with Gasteiger partial charge in [0.05, 0.1) is 6.61 Å². The number of amides is 1. The summed E-state index contributed by atoms with van der Waals surface area (Å²) >= 11 is 3.44. The van der Waals surface area contributed by atoms with Crippen molar-refractivity contribution in [1.29, 1.82) is 0 Å². The molecular formula is C19H27BrN4O2. The van der Waals surface area contributed by atoms with Crippen molar-refractivity contribution in [2.75, 3.05) is 45.2 Å². The minimum Gasteiger partial charge on any atom is -0.381 e. The first-order valence-electron chi connectivity index (χ1n) is 9.11. The second-order valence-corrected chi connectivity index (χ2v) is 8.12. The van der Waals surface area contributed by atoms with Crippen molar-refractivity contribution in [1.82, 2.24) is 10.2 Å². The Morgan fingerprint density at radius 1 is 1.42 bits per heavy atom. The highest BCUT2D eigenvalue weighted by molar-refractivity contribution is 9.10. The number of benzene rings is 1. The average Bonchev–Trinajstić information content (AvgIpc) is 3.25. The number of carbonyl (C=O) groups excluding carboxylic acids is 1. The van der Waals surface area contributed by atoms with E-state index in [0.717, 1.165) is 60.8 Å². The predicted octanol–water partition coefficient (Wildman–Crippen LogP) is 2.77. The SMILES string of the molecule is CN=C(NCCC(=O)Nc1cc(Br)ccc1C)N1CCC2(CCOC2)C1. The van der Waals surface area contributed by atoms with Crippen LogP contribution in [0.25, 0.3) is 0 Å². The topological polar surface area (TPSA) is 66.0 Å². The smallest absolute Gasteiger partial charge is 0.226 e. The van der Waals surface area contributed by atoms with Crippen LogP contribution >= 0.6 is 15.9 Å². The summed E-state index contributed by atoms with van der Waals surface area (Å²) in [7, 11) is 1.80. The highest BCUT2D eigenvalue weighted by atomic mass is 79.9. The van der Waals surface area contributed by atoms with Gasteiger partial charge < -0.3 is 20.3 Å². The van der Waals surface area contributed by atoms with Gasteiger partial charge in [-0.25, -0.2) is 0 Å². The molecular weight excluding hydrogens is 396 g/mol. The van der Waals surface area contributed by atoms with Crippen molar-refractivity contribution in [2.24, 2.45) is 10.4 Å². The number of hydrogen-bond acceptors (Lipinski definition) is 3. The molecule has 142 valence electrons. The summed E-state index contributed by atoms with van der Waals surface area (Å²) < 4.78 is 6.54. The number of nitrogens with one attached hydrogen (secondary N) is 2. The second kappa shape index (κ2) is 8.39. The summed E-state index contributed by atoms with van der Waals surface area (Å²) in [6.07, 6.45) is 2.68. The van der Waals surface area contributed by atoms with Crippen LogP contribution in [0.3, 0.4) is 0 Å². The van der Waals surface area contributed by atoms with Crippen LogP contribution in [0, 0.1) is 12.3 Å². The molecule has 1 amide bonds. The Morgan fingerprint density at radius 2 is 2.27 bits per heavy atom. The van der Waals surface area contributed by atoms with Gasteiger partial charge in [0.15, 0.2) is 5.96 Å². The van der Waals surface area contributed by atoms with Crippen LogP contribution in [0.2, 0.25) is 0 Å². The Labute approximate surface area is 163 Å². The Balaban J connectivity index is 1.46. The van der Waals surface area contributed by atoms with Crippen molar-refractivity contribution < 1.29 is 9.53 Å². The predicted molar refractivity (Wildman–Crippen MR) is 108 cm³/mol. The molecule has 1 atom stereocenters. The summed E-state index contributed by atoms with van der Waals surface area (Å²) in [5.74, 6) is 0.872. The molecule has 1 unspecified atom stereocenters. The van der Waals surface area contributed by atoms with E-state index in [-0.39, 0.29) is 5.91 Å². The Bertz CT molecular complexity index is 686. The maximum Gasteiger partial charge on any atom is 0.226 e. The van der Waals surface area contributed by atoms with Crippen molar-refractivity contribution in [3.05, 3.63) is 28.2 Å². The number of guanidine groups is 1. The molecule has 26 heavy (non-hydrogen) atoms. The highest BCUT2D eigenvalue weighted by Crippen LogP contribution is 2.38. The number of nitrogens with zero attached hydrogens (tertiary/aromatic N) is 2. The maximum absolute atomic E-state index is 12.2. The van der Waals surface area contributed by atoms with Gasteiger partial charge >= 0.3 is 0 Å². The zero-order valence-electron chi connectivity index (χ0n) is 15.5.